The molecule has 3 aromatic rings. The number of benzene rings is 3. The van der Waals surface area contributed by atoms with Crippen LogP contribution in [0.3, 0.4) is 0 Å². The predicted octanol–water partition coefficient (Wildman–Crippen LogP) is 7.78. The quantitative estimate of drug-likeness (QED) is 0.0386. The van der Waals surface area contributed by atoms with E-state index in [-0.39, 0.29) is 81.8 Å². The molecule has 0 aromatic heterocycles. The van der Waals surface area contributed by atoms with Crippen LogP contribution >= 0.6 is 0 Å². The number of carbonyl (C=O) groups is 1. The first-order chi connectivity index (χ1) is 30.1. The number of aliphatic hydroxyl groups excluding tert-OH is 3. The molecule has 6 rings (SSSR count). The number of nitrogens with zero attached hydrogens (tertiary/aromatic N) is 3. The van der Waals surface area contributed by atoms with Crippen LogP contribution < -0.4 is 14.2 Å². The standard InChI is InChI=1S/C47H59N3O12/c1-5-24-59-47-43(49(20-25-58-26-23-53)46(54)61-35-16-13-34(14-17-35)50(55)56)30-41(48-57-4)39-28-33(10-6-8-21-51)38(11-7-9-22-52)44(45(39)47)40-29-37(18-19-42(40)62-47)60-36-15-12-31(2)32(3)27-36/h5,12-19,27-29,33,38,43-45,51-53H,1,6-11,20-26,30H2,2-4H3/t33-,38+,43-,44+,45+,47+/m0/s1. The largest absolute Gasteiger partial charge is 0.459 e. The van der Waals surface area contributed by atoms with E-state index in [2.05, 4.69) is 24.7 Å². The summed E-state index contributed by atoms with van der Waals surface area (Å²) < 4.78 is 32.4. The predicted molar refractivity (Wildman–Crippen MR) is 232 cm³/mol. The number of oxime groups is 1. The van der Waals surface area contributed by atoms with E-state index in [1.54, 1.807) is 6.08 Å². The molecule has 3 aliphatic rings. The highest BCUT2D eigenvalue weighted by Gasteiger charge is 2.65. The number of non-ortho nitro benzene ring substituents is 1. The first-order valence-electron chi connectivity index (χ1n) is 21.4. The monoisotopic (exact) mass is 857 g/mol. The van der Waals surface area contributed by atoms with Crippen LogP contribution in [0, 0.1) is 41.7 Å². The Morgan fingerprint density at radius 1 is 0.952 bits per heavy atom. The van der Waals surface area contributed by atoms with Gasteiger partial charge in [-0.25, -0.2) is 4.79 Å². The minimum Gasteiger partial charge on any atom is -0.459 e. The van der Waals surface area contributed by atoms with Crippen LogP contribution in [0.5, 0.6) is 23.0 Å². The number of fused-ring (bicyclic) bond motifs is 2. The molecular formula is C47H59N3O12. The van der Waals surface area contributed by atoms with Crippen molar-refractivity contribution in [1.29, 1.82) is 0 Å². The van der Waals surface area contributed by atoms with Crippen LogP contribution in [0.4, 0.5) is 10.5 Å². The Labute approximate surface area is 362 Å². The lowest BCUT2D eigenvalue weighted by Gasteiger charge is -2.59. The van der Waals surface area contributed by atoms with Crippen molar-refractivity contribution in [2.75, 3.05) is 53.3 Å². The van der Waals surface area contributed by atoms with Crippen molar-refractivity contribution in [1.82, 2.24) is 4.90 Å². The molecule has 0 unspecified atom stereocenters. The topological polar surface area (TPSA) is 192 Å². The number of rotatable bonds is 22. The Bertz CT molecular complexity index is 2070. The van der Waals surface area contributed by atoms with E-state index in [4.69, 9.17) is 28.5 Å². The van der Waals surface area contributed by atoms with Crippen molar-refractivity contribution in [3.05, 3.63) is 112 Å². The van der Waals surface area contributed by atoms with E-state index in [9.17, 15) is 30.2 Å². The van der Waals surface area contributed by atoms with Crippen molar-refractivity contribution in [3.63, 3.8) is 0 Å². The Morgan fingerprint density at radius 3 is 2.34 bits per heavy atom. The van der Waals surface area contributed by atoms with Gasteiger partial charge in [-0.15, -0.1) is 6.58 Å². The molecule has 6 atom stereocenters. The van der Waals surface area contributed by atoms with E-state index in [0.717, 1.165) is 47.9 Å². The van der Waals surface area contributed by atoms with Gasteiger partial charge in [-0.2, -0.15) is 0 Å². The van der Waals surface area contributed by atoms with Crippen molar-refractivity contribution in [3.8, 4) is 23.0 Å². The van der Waals surface area contributed by atoms with Crippen LogP contribution in [-0.4, -0.2) is 102 Å². The summed E-state index contributed by atoms with van der Waals surface area (Å²) in [6.07, 6.45) is 7.51. The molecule has 15 heteroatoms. The fourth-order valence-corrected chi connectivity index (χ4v) is 9.23. The summed E-state index contributed by atoms with van der Waals surface area (Å²) in [6, 6.07) is 16.0. The molecule has 0 saturated heterocycles. The molecule has 1 aliphatic heterocycles. The lowest BCUT2D eigenvalue weighted by molar-refractivity contribution is -0.384. The number of ether oxygens (including phenoxy) is 5. The van der Waals surface area contributed by atoms with Gasteiger partial charge in [-0.05, 0) is 111 Å². The fourth-order valence-electron chi connectivity index (χ4n) is 9.23. The zero-order valence-electron chi connectivity index (χ0n) is 35.8. The molecule has 62 heavy (non-hydrogen) atoms. The van der Waals surface area contributed by atoms with E-state index >= 15 is 0 Å². The molecule has 334 valence electrons. The van der Waals surface area contributed by atoms with Crippen LogP contribution in [0.1, 0.15) is 67.6 Å². The summed E-state index contributed by atoms with van der Waals surface area (Å²) in [4.78, 5) is 32.5. The second-order valence-electron chi connectivity index (χ2n) is 16.0. The van der Waals surface area contributed by atoms with Gasteiger partial charge in [-0.3, -0.25) is 15.0 Å². The zero-order valence-corrected chi connectivity index (χ0v) is 35.8. The van der Waals surface area contributed by atoms with Gasteiger partial charge >= 0.3 is 6.09 Å². The number of carbonyl (C=O) groups excluding carboxylic acids is 1. The lowest BCUT2D eigenvalue weighted by Crippen LogP contribution is -2.70. The molecule has 0 radical (unpaired) electrons. The molecule has 1 saturated carbocycles. The summed E-state index contributed by atoms with van der Waals surface area (Å²) in [6.45, 7) is 8.05. The minimum atomic E-state index is -1.57. The number of unbranched alkanes of at least 4 members (excludes halogenated alkanes) is 2. The van der Waals surface area contributed by atoms with Crippen LogP contribution in [0.25, 0.3) is 0 Å². The van der Waals surface area contributed by atoms with E-state index in [1.807, 2.05) is 43.3 Å². The first-order valence-corrected chi connectivity index (χ1v) is 21.4. The number of aryl methyl sites for hydroxylation is 2. The molecule has 1 fully saturated rings. The average Bonchev–Trinajstić information content (AvgIpc) is 3.26. The zero-order chi connectivity index (χ0) is 44.2. The normalized spacial score (nSPS) is 23.0. The second kappa shape index (κ2) is 21.7. The summed E-state index contributed by atoms with van der Waals surface area (Å²) in [5, 5.41) is 45.3. The summed E-state index contributed by atoms with van der Waals surface area (Å²) in [5.41, 5.74) is 4.43. The number of allylic oxidation sites excluding steroid dienone is 1. The third-order valence-electron chi connectivity index (χ3n) is 12.1. The van der Waals surface area contributed by atoms with Gasteiger partial charge in [0.05, 0.1) is 43.0 Å². The van der Waals surface area contributed by atoms with Crippen molar-refractivity contribution in [2.24, 2.45) is 22.9 Å². The van der Waals surface area contributed by atoms with Gasteiger partial charge in [0.15, 0.2) is 0 Å². The highest BCUT2D eigenvalue weighted by Crippen LogP contribution is 2.62. The van der Waals surface area contributed by atoms with Crippen molar-refractivity contribution >= 4 is 17.5 Å². The molecule has 3 N–H and O–H groups in total. The van der Waals surface area contributed by atoms with Crippen molar-refractivity contribution < 1.29 is 53.6 Å². The number of nitro benzene ring substituents is 1. The van der Waals surface area contributed by atoms with Gasteiger partial charge < -0.3 is 43.8 Å². The Balaban J connectivity index is 1.55. The summed E-state index contributed by atoms with van der Waals surface area (Å²) in [7, 11) is 1.47. The van der Waals surface area contributed by atoms with E-state index in [0.29, 0.717) is 35.8 Å². The maximum Gasteiger partial charge on any atom is 0.415 e. The Morgan fingerprint density at radius 2 is 1.66 bits per heavy atom. The molecule has 3 aromatic carbocycles. The molecule has 1 amide bonds. The van der Waals surface area contributed by atoms with Gasteiger partial charge in [-0.1, -0.05) is 36.2 Å². The highest BCUT2D eigenvalue weighted by atomic mass is 16.7. The van der Waals surface area contributed by atoms with E-state index < -0.39 is 28.8 Å². The average molecular weight is 858 g/mol. The maximum atomic E-state index is 14.6. The van der Waals surface area contributed by atoms with E-state index in [1.165, 1.54) is 36.3 Å². The molecule has 0 spiro atoms. The molecule has 15 nitrogen and oxygen atoms in total. The van der Waals surface area contributed by atoms with Crippen LogP contribution in [-0.2, 0) is 14.3 Å². The van der Waals surface area contributed by atoms with Crippen LogP contribution in [0.2, 0.25) is 0 Å². The van der Waals surface area contributed by atoms with Crippen LogP contribution in [0.15, 0.2) is 90.1 Å². The molecule has 1 heterocycles. The molecule has 2 aliphatic carbocycles. The minimum absolute atomic E-state index is 0.0174. The number of hydrogen-bond donors (Lipinski definition) is 3. The lowest BCUT2D eigenvalue weighted by atomic mass is 9.55. The SMILES string of the molecule is C=CCO[C@@]12Oc3ccc(Oc4ccc(C)c(C)c4)cc3[C@H]3[C@H](CCCCO)[C@@H](CCCCO)C=C(C(=NOC)C[C@@H]1N(CCOCCO)C(=O)Oc1ccc([N+](=O)[O-])cc1)[C@H]32. The third kappa shape index (κ3) is 10.3. The smallest absolute Gasteiger partial charge is 0.415 e. The maximum absolute atomic E-state index is 14.6. The summed E-state index contributed by atoms with van der Waals surface area (Å²) >= 11 is 0. The number of nitro groups is 1. The third-order valence-corrected chi connectivity index (χ3v) is 12.1. The van der Waals surface area contributed by atoms with Gasteiger partial charge in [0.25, 0.3) is 5.69 Å². The molecular weight excluding hydrogens is 799 g/mol. The van der Waals surface area contributed by atoms with Gasteiger partial charge in [0, 0.05) is 49.8 Å². The van der Waals surface area contributed by atoms with Gasteiger partial charge in [0.1, 0.15) is 36.1 Å². The Kier molecular flexibility index (Phi) is 16.1. The number of aliphatic hydroxyl groups is 3. The second-order valence-corrected chi connectivity index (χ2v) is 16.0. The summed E-state index contributed by atoms with van der Waals surface area (Å²) in [5.74, 6) is -0.509. The van der Waals surface area contributed by atoms with Gasteiger partial charge in [0.2, 0.25) is 5.79 Å². The fraction of sp³-hybridized carbons (Fsp3) is 0.489. The highest BCUT2D eigenvalue weighted by molar-refractivity contribution is 6.03. The number of hydrogen-bond acceptors (Lipinski definition) is 13. The number of amides is 1. The van der Waals surface area contributed by atoms with Crippen molar-refractivity contribution in [2.45, 2.75) is 76.5 Å². The Hall–Kier alpha value is -5.32. The molecule has 0 bridgehead atoms. The first kappa shape index (κ1) is 46.2.